The van der Waals surface area contributed by atoms with Gasteiger partial charge in [-0.1, -0.05) is 31.5 Å². The van der Waals surface area contributed by atoms with Crippen molar-refractivity contribution in [3.8, 4) is 5.75 Å². The van der Waals surface area contributed by atoms with Gasteiger partial charge in [0.1, 0.15) is 5.75 Å². The molecule has 2 nitrogen and oxygen atoms in total. The molecule has 2 heteroatoms. The SMILES string of the molecule is CCCCOc1ccc2c(c1)[nH]c1ccccc12. The molecule has 0 saturated heterocycles. The number of hydrogen-bond donors (Lipinski definition) is 1. The maximum Gasteiger partial charge on any atom is 0.121 e. The van der Waals surface area contributed by atoms with Crippen LogP contribution in [0.25, 0.3) is 21.8 Å². The van der Waals surface area contributed by atoms with E-state index >= 15 is 0 Å². The summed E-state index contributed by atoms with van der Waals surface area (Å²) in [6.45, 7) is 2.96. The van der Waals surface area contributed by atoms with Gasteiger partial charge in [0, 0.05) is 22.4 Å². The lowest BCUT2D eigenvalue weighted by Crippen LogP contribution is -1.95. The molecule has 1 N–H and O–H groups in total. The van der Waals surface area contributed by atoms with Crippen LogP contribution < -0.4 is 4.74 Å². The van der Waals surface area contributed by atoms with E-state index in [0.717, 1.165) is 30.7 Å². The molecule has 0 aliphatic rings. The Morgan fingerprint density at radius 1 is 1.00 bits per heavy atom. The summed E-state index contributed by atoms with van der Waals surface area (Å²) in [5.41, 5.74) is 2.32. The van der Waals surface area contributed by atoms with Crippen LogP contribution in [-0.2, 0) is 0 Å². The molecule has 0 fully saturated rings. The van der Waals surface area contributed by atoms with E-state index in [1.165, 1.54) is 16.3 Å². The Hall–Kier alpha value is -1.96. The Labute approximate surface area is 107 Å². The summed E-state index contributed by atoms with van der Waals surface area (Å²) in [5, 5.41) is 2.53. The maximum atomic E-state index is 5.73. The number of hydrogen-bond acceptors (Lipinski definition) is 1. The van der Waals surface area contributed by atoms with Crippen LogP contribution >= 0.6 is 0 Å². The number of rotatable bonds is 4. The lowest BCUT2D eigenvalue weighted by molar-refractivity contribution is 0.310. The van der Waals surface area contributed by atoms with Crippen LogP contribution in [0.15, 0.2) is 42.5 Å². The van der Waals surface area contributed by atoms with Gasteiger partial charge in [-0.2, -0.15) is 0 Å². The highest BCUT2D eigenvalue weighted by Gasteiger charge is 2.04. The molecule has 1 aromatic heterocycles. The fourth-order valence-corrected chi connectivity index (χ4v) is 2.26. The third-order valence-electron chi connectivity index (χ3n) is 3.24. The second kappa shape index (κ2) is 4.73. The topological polar surface area (TPSA) is 25.0 Å². The summed E-state index contributed by atoms with van der Waals surface area (Å²) >= 11 is 0. The van der Waals surface area contributed by atoms with Crippen LogP contribution in [0.4, 0.5) is 0 Å². The number of fused-ring (bicyclic) bond motifs is 3. The predicted molar refractivity (Wildman–Crippen MR) is 76.2 cm³/mol. The summed E-state index contributed by atoms with van der Waals surface area (Å²) in [6, 6.07) is 14.6. The zero-order valence-electron chi connectivity index (χ0n) is 10.6. The molecule has 0 amide bonds. The van der Waals surface area contributed by atoms with Gasteiger partial charge in [0.05, 0.1) is 12.1 Å². The average molecular weight is 239 g/mol. The van der Waals surface area contributed by atoms with Crippen molar-refractivity contribution in [2.24, 2.45) is 0 Å². The number of benzene rings is 2. The first-order valence-corrected chi connectivity index (χ1v) is 6.52. The normalized spacial score (nSPS) is 11.2. The molecular formula is C16H17NO. The molecule has 1 heterocycles. The van der Waals surface area contributed by atoms with Crippen molar-refractivity contribution in [1.29, 1.82) is 0 Å². The monoisotopic (exact) mass is 239 g/mol. The summed E-state index contributed by atoms with van der Waals surface area (Å²) in [7, 11) is 0. The quantitative estimate of drug-likeness (QED) is 0.666. The zero-order chi connectivity index (χ0) is 12.4. The van der Waals surface area contributed by atoms with E-state index in [2.05, 4.69) is 54.4 Å². The number of H-pyrrole nitrogens is 1. The highest BCUT2D eigenvalue weighted by atomic mass is 16.5. The zero-order valence-corrected chi connectivity index (χ0v) is 10.6. The highest BCUT2D eigenvalue weighted by Crippen LogP contribution is 2.28. The van der Waals surface area contributed by atoms with Crippen molar-refractivity contribution >= 4 is 21.8 Å². The Balaban J connectivity index is 1.99. The van der Waals surface area contributed by atoms with Crippen molar-refractivity contribution in [2.75, 3.05) is 6.61 Å². The van der Waals surface area contributed by atoms with E-state index in [1.54, 1.807) is 0 Å². The fourth-order valence-electron chi connectivity index (χ4n) is 2.26. The van der Waals surface area contributed by atoms with Gasteiger partial charge in [-0.25, -0.2) is 0 Å². The summed E-state index contributed by atoms with van der Waals surface area (Å²) in [5.74, 6) is 0.947. The van der Waals surface area contributed by atoms with Gasteiger partial charge < -0.3 is 9.72 Å². The van der Waals surface area contributed by atoms with E-state index in [0.29, 0.717) is 0 Å². The Kier molecular flexibility index (Phi) is 2.93. The van der Waals surface area contributed by atoms with Gasteiger partial charge in [0.2, 0.25) is 0 Å². The molecule has 18 heavy (non-hydrogen) atoms. The average Bonchev–Trinajstić information content (AvgIpc) is 2.76. The van der Waals surface area contributed by atoms with E-state index in [-0.39, 0.29) is 0 Å². The molecule has 0 atom stereocenters. The second-order valence-electron chi connectivity index (χ2n) is 4.58. The molecule has 2 aromatic carbocycles. The van der Waals surface area contributed by atoms with Crippen LogP contribution in [0.2, 0.25) is 0 Å². The third-order valence-corrected chi connectivity index (χ3v) is 3.24. The van der Waals surface area contributed by atoms with Gasteiger partial charge in [-0.05, 0) is 24.6 Å². The number of nitrogens with one attached hydrogen (secondary N) is 1. The first kappa shape index (κ1) is 11.1. The Morgan fingerprint density at radius 2 is 1.83 bits per heavy atom. The summed E-state index contributed by atoms with van der Waals surface area (Å²) in [4.78, 5) is 3.43. The van der Waals surface area contributed by atoms with E-state index in [9.17, 15) is 0 Å². The number of aromatic amines is 1. The van der Waals surface area contributed by atoms with Crippen molar-refractivity contribution < 1.29 is 4.74 Å². The van der Waals surface area contributed by atoms with Crippen molar-refractivity contribution in [3.05, 3.63) is 42.5 Å². The Bertz CT molecular complexity index is 669. The molecule has 0 bridgehead atoms. The molecule has 0 spiro atoms. The number of unbranched alkanes of at least 4 members (excludes halogenated alkanes) is 1. The first-order chi connectivity index (χ1) is 8.88. The molecule has 0 aliphatic carbocycles. The van der Waals surface area contributed by atoms with Crippen molar-refractivity contribution in [3.63, 3.8) is 0 Å². The molecular weight excluding hydrogens is 222 g/mol. The first-order valence-electron chi connectivity index (χ1n) is 6.52. The predicted octanol–water partition coefficient (Wildman–Crippen LogP) is 4.50. The van der Waals surface area contributed by atoms with Gasteiger partial charge >= 0.3 is 0 Å². The molecule has 3 rings (SSSR count). The number of para-hydroxylation sites is 1. The lowest BCUT2D eigenvalue weighted by Gasteiger charge is -2.04. The van der Waals surface area contributed by atoms with Crippen LogP contribution in [0, 0.1) is 0 Å². The minimum Gasteiger partial charge on any atom is -0.494 e. The number of ether oxygens (including phenoxy) is 1. The van der Waals surface area contributed by atoms with Crippen molar-refractivity contribution in [2.45, 2.75) is 19.8 Å². The molecule has 92 valence electrons. The van der Waals surface area contributed by atoms with Gasteiger partial charge in [0.15, 0.2) is 0 Å². The van der Waals surface area contributed by atoms with Crippen LogP contribution in [-0.4, -0.2) is 11.6 Å². The van der Waals surface area contributed by atoms with Crippen LogP contribution in [0.3, 0.4) is 0 Å². The molecule has 3 aromatic rings. The fraction of sp³-hybridized carbons (Fsp3) is 0.250. The van der Waals surface area contributed by atoms with Gasteiger partial charge in [-0.3, -0.25) is 0 Å². The minimum absolute atomic E-state index is 0.794. The van der Waals surface area contributed by atoms with Crippen molar-refractivity contribution in [1.82, 2.24) is 4.98 Å². The standard InChI is InChI=1S/C16H17NO/c1-2-3-10-18-12-8-9-14-13-6-4-5-7-15(13)17-16(14)11-12/h4-9,11,17H,2-3,10H2,1H3. The van der Waals surface area contributed by atoms with E-state index in [1.807, 2.05) is 0 Å². The smallest absolute Gasteiger partial charge is 0.121 e. The second-order valence-corrected chi connectivity index (χ2v) is 4.58. The molecule has 0 radical (unpaired) electrons. The lowest BCUT2D eigenvalue weighted by atomic mass is 10.1. The summed E-state index contributed by atoms with van der Waals surface area (Å²) in [6.07, 6.45) is 2.26. The number of aromatic nitrogens is 1. The highest BCUT2D eigenvalue weighted by molar-refractivity contribution is 6.07. The van der Waals surface area contributed by atoms with Gasteiger partial charge in [0.25, 0.3) is 0 Å². The minimum atomic E-state index is 0.794. The van der Waals surface area contributed by atoms with Crippen LogP contribution in [0.5, 0.6) is 5.75 Å². The molecule has 0 aliphatic heterocycles. The van der Waals surface area contributed by atoms with E-state index < -0.39 is 0 Å². The Morgan fingerprint density at radius 3 is 2.72 bits per heavy atom. The summed E-state index contributed by atoms with van der Waals surface area (Å²) < 4.78 is 5.73. The van der Waals surface area contributed by atoms with Crippen LogP contribution in [0.1, 0.15) is 19.8 Å². The third kappa shape index (κ3) is 1.94. The molecule has 0 saturated carbocycles. The van der Waals surface area contributed by atoms with E-state index in [4.69, 9.17) is 4.74 Å². The largest absolute Gasteiger partial charge is 0.494 e. The van der Waals surface area contributed by atoms with Gasteiger partial charge in [-0.15, -0.1) is 0 Å². The molecule has 0 unspecified atom stereocenters. The maximum absolute atomic E-state index is 5.73.